The summed E-state index contributed by atoms with van der Waals surface area (Å²) in [5.74, 6) is -1.73. The van der Waals surface area contributed by atoms with E-state index in [4.69, 9.17) is 17.3 Å². The van der Waals surface area contributed by atoms with Crippen molar-refractivity contribution in [3.63, 3.8) is 0 Å². The Labute approximate surface area is 121 Å². The molecule has 3 nitrogen and oxygen atoms in total. The van der Waals surface area contributed by atoms with E-state index >= 15 is 0 Å². The van der Waals surface area contributed by atoms with Crippen LogP contribution in [0.25, 0.3) is 0 Å². The number of hydrogen-bond donors (Lipinski definition) is 1. The van der Waals surface area contributed by atoms with Gasteiger partial charge < -0.3 is 5.73 Å². The van der Waals surface area contributed by atoms with Crippen LogP contribution in [0.4, 0.5) is 8.78 Å². The number of halogens is 3. The highest BCUT2D eigenvalue weighted by Crippen LogP contribution is 2.25. The van der Waals surface area contributed by atoms with Gasteiger partial charge in [-0.25, -0.2) is 8.78 Å². The summed E-state index contributed by atoms with van der Waals surface area (Å²) < 4.78 is 28.6. The van der Waals surface area contributed by atoms with Gasteiger partial charge in [-0.15, -0.1) is 0 Å². The Kier molecular flexibility index (Phi) is 4.73. The Bertz CT molecular complexity index is 598. The standard InChI is InChI=1S/C14H16ClF2N3/c1-2-6-20-14(10(15)8-19-20)12(18)7-9-4-3-5-11(16)13(9)17/h3-5,8,12H,2,6-7,18H2,1H3. The van der Waals surface area contributed by atoms with Gasteiger partial charge in [-0.2, -0.15) is 5.10 Å². The largest absolute Gasteiger partial charge is 0.322 e. The van der Waals surface area contributed by atoms with E-state index in [0.717, 1.165) is 12.5 Å². The van der Waals surface area contributed by atoms with Crippen molar-refractivity contribution >= 4 is 11.6 Å². The molecule has 2 rings (SSSR count). The van der Waals surface area contributed by atoms with Crippen LogP contribution in [0.1, 0.15) is 30.6 Å². The van der Waals surface area contributed by atoms with Crippen molar-refractivity contribution in [2.45, 2.75) is 32.4 Å². The summed E-state index contributed by atoms with van der Waals surface area (Å²) in [5.41, 5.74) is 6.97. The SMILES string of the molecule is CCCn1ncc(Cl)c1C(N)Cc1cccc(F)c1F. The highest BCUT2D eigenvalue weighted by Gasteiger charge is 2.19. The Balaban J connectivity index is 2.26. The lowest BCUT2D eigenvalue weighted by atomic mass is 10.0. The first-order valence-electron chi connectivity index (χ1n) is 6.44. The van der Waals surface area contributed by atoms with Crippen LogP contribution in [0.15, 0.2) is 24.4 Å². The summed E-state index contributed by atoms with van der Waals surface area (Å²) in [5, 5.41) is 4.59. The molecule has 0 saturated carbocycles. The summed E-state index contributed by atoms with van der Waals surface area (Å²) in [4.78, 5) is 0. The van der Waals surface area contributed by atoms with Crippen LogP contribution in [0.5, 0.6) is 0 Å². The number of nitrogens with two attached hydrogens (primary N) is 1. The average molecular weight is 300 g/mol. The molecule has 0 spiro atoms. The van der Waals surface area contributed by atoms with Crippen LogP contribution < -0.4 is 5.73 Å². The number of benzene rings is 1. The van der Waals surface area contributed by atoms with E-state index in [0.29, 0.717) is 17.3 Å². The molecule has 0 aliphatic rings. The summed E-state index contributed by atoms with van der Waals surface area (Å²) >= 11 is 6.08. The van der Waals surface area contributed by atoms with Crippen LogP contribution in [0, 0.1) is 11.6 Å². The van der Waals surface area contributed by atoms with Crippen LogP contribution in [-0.2, 0) is 13.0 Å². The van der Waals surface area contributed by atoms with E-state index in [1.165, 1.54) is 18.3 Å². The number of rotatable bonds is 5. The summed E-state index contributed by atoms with van der Waals surface area (Å²) in [6, 6.07) is 3.53. The minimum absolute atomic E-state index is 0.165. The van der Waals surface area contributed by atoms with Gasteiger partial charge >= 0.3 is 0 Å². The second kappa shape index (κ2) is 6.33. The molecule has 0 radical (unpaired) electrons. The Morgan fingerprint density at radius 1 is 1.40 bits per heavy atom. The zero-order valence-corrected chi connectivity index (χ0v) is 11.9. The van der Waals surface area contributed by atoms with Crippen molar-refractivity contribution in [2.24, 2.45) is 5.73 Å². The number of nitrogens with zero attached hydrogens (tertiary/aromatic N) is 2. The predicted molar refractivity (Wildman–Crippen MR) is 74.5 cm³/mol. The third-order valence-electron chi connectivity index (χ3n) is 3.09. The monoisotopic (exact) mass is 299 g/mol. The van der Waals surface area contributed by atoms with E-state index < -0.39 is 17.7 Å². The molecule has 1 heterocycles. The van der Waals surface area contributed by atoms with E-state index in [2.05, 4.69) is 5.10 Å². The molecule has 6 heteroatoms. The minimum Gasteiger partial charge on any atom is -0.322 e. The molecular formula is C14H16ClF2N3. The molecule has 2 N–H and O–H groups in total. The normalized spacial score (nSPS) is 12.7. The predicted octanol–water partition coefficient (Wildman–Crippen LogP) is 3.47. The Morgan fingerprint density at radius 2 is 2.15 bits per heavy atom. The lowest BCUT2D eigenvalue weighted by molar-refractivity contribution is 0.487. The van der Waals surface area contributed by atoms with Gasteiger partial charge in [0.05, 0.1) is 23.0 Å². The first-order chi connectivity index (χ1) is 9.54. The second-order valence-electron chi connectivity index (χ2n) is 4.62. The van der Waals surface area contributed by atoms with Gasteiger partial charge in [0.25, 0.3) is 0 Å². The highest BCUT2D eigenvalue weighted by molar-refractivity contribution is 6.31. The lowest BCUT2D eigenvalue weighted by Crippen LogP contribution is -2.19. The van der Waals surface area contributed by atoms with Gasteiger partial charge in [-0.3, -0.25) is 4.68 Å². The zero-order valence-electron chi connectivity index (χ0n) is 11.1. The van der Waals surface area contributed by atoms with Crippen LogP contribution in [0.2, 0.25) is 5.02 Å². The maximum atomic E-state index is 13.7. The molecule has 20 heavy (non-hydrogen) atoms. The fraction of sp³-hybridized carbons (Fsp3) is 0.357. The third kappa shape index (κ3) is 2.99. The van der Waals surface area contributed by atoms with Gasteiger partial charge in [0.15, 0.2) is 11.6 Å². The molecule has 1 aromatic heterocycles. The maximum Gasteiger partial charge on any atom is 0.162 e. The molecule has 0 aliphatic heterocycles. The summed E-state index contributed by atoms with van der Waals surface area (Å²) in [6.07, 6.45) is 2.57. The van der Waals surface area contributed by atoms with Crippen molar-refractivity contribution in [2.75, 3.05) is 0 Å². The summed E-state index contributed by atoms with van der Waals surface area (Å²) in [6.45, 7) is 2.69. The Morgan fingerprint density at radius 3 is 2.85 bits per heavy atom. The smallest absolute Gasteiger partial charge is 0.162 e. The van der Waals surface area contributed by atoms with E-state index in [9.17, 15) is 8.78 Å². The number of aryl methyl sites for hydroxylation is 1. The highest BCUT2D eigenvalue weighted by atomic mass is 35.5. The van der Waals surface area contributed by atoms with Crippen molar-refractivity contribution in [3.05, 3.63) is 52.3 Å². The van der Waals surface area contributed by atoms with Crippen molar-refractivity contribution < 1.29 is 8.78 Å². The van der Waals surface area contributed by atoms with Gasteiger partial charge in [0, 0.05) is 6.54 Å². The van der Waals surface area contributed by atoms with Crippen molar-refractivity contribution in [1.29, 1.82) is 0 Å². The molecule has 0 saturated heterocycles. The average Bonchev–Trinajstić information content (AvgIpc) is 2.77. The Hall–Kier alpha value is -1.46. The van der Waals surface area contributed by atoms with Gasteiger partial charge in [-0.05, 0) is 24.5 Å². The fourth-order valence-electron chi connectivity index (χ4n) is 2.17. The van der Waals surface area contributed by atoms with Crippen LogP contribution in [-0.4, -0.2) is 9.78 Å². The first-order valence-corrected chi connectivity index (χ1v) is 6.82. The molecule has 0 bridgehead atoms. The topological polar surface area (TPSA) is 43.8 Å². The fourth-order valence-corrected chi connectivity index (χ4v) is 2.45. The first kappa shape index (κ1) is 14.9. The molecule has 108 valence electrons. The van der Waals surface area contributed by atoms with Crippen LogP contribution >= 0.6 is 11.6 Å². The zero-order chi connectivity index (χ0) is 14.7. The molecule has 1 atom stereocenters. The van der Waals surface area contributed by atoms with E-state index in [-0.39, 0.29) is 12.0 Å². The molecule has 1 unspecified atom stereocenters. The number of hydrogen-bond acceptors (Lipinski definition) is 2. The van der Waals surface area contributed by atoms with Gasteiger partial charge in [0.2, 0.25) is 0 Å². The molecular weight excluding hydrogens is 284 g/mol. The molecule has 1 aromatic carbocycles. The molecule has 2 aromatic rings. The lowest BCUT2D eigenvalue weighted by Gasteiger charge is -2.15. The molecule has 0 fully saturated rings. The number of aromatic nitrogens is 2. The molecule has 0 aliphatic carbocycles. The summed E-state index contributed by atoms with van der Waals surface area (Å²) in [7, 11) is 0. The van der Waals surface area contributed by atoms with Crippen molar-refractivity contribution in [3.8, 4) is 0 Å². The van der Waals surface area contributed by atoms with Crippen LogP contribution in [0.3, 0.4) is 0 Å². The van der Waals surface area contributed by atoms with Crippen molar-refractivity contribution in [1.82, 2.24) is 9.78 Å². The van der Waals surface area contributed by atoms with Gasteiger partial charge in [-0.1, -0.05) is 30.7 Å². The minimum atomic E-state index is -0.872. The quantitative estimate of drug-likeness (QED) is 0.919. The molecule has 0 amide bonds. The van der Waals surface area contributed by atoms with Gasteiger partial charge in [0.1, 0.15) is 0 Å². The van der Waals surface area contributed by atoms with E-state index in [1.54, 1.807) is 4.68 Å². The maximum absolute atomic E-state index is 13.7. The van der Waals surface area contributed by atoms with E-state index in [1.807, 2.05) is 6.92 Å². The third-order valence-corrected chi connectivity index (χ3v) is 3.38. The second-order valence-corrected chi connectivity index (χ2v) is 5.03.